The number of rotatable bonds is 7. The minimum Gasteiger partial charge on any atom is -0.491 e. The molecule has 0 aliphatic rings. The fourth-order valence-electron chi connectivity index (χ4n) is 1.68. The van der Waals surface area contributed by atoms with Gasteiger partial charge in [-0.25, -0.2) is 4.79 Å². The second-order valence-electron chi connectivity index (χ2n) is 4.39. The van der Waals surface area contributed by atoms with Crippen molar-refractivity contribution in [1.82, 2.24) is 5.32 Å². The van der Waals surface area contributed by atoms with Crippen molar-refractivity contribution in [3.8, 4) is 5.75 Å². The topological polar surface area (TPSA) is 81.7 Å². The molecule has 1 rings (SSSR count). The minimum atomic E-state index is -0.871. The molecule has 1 amide bonds. The SMILES string of the molecule is CCC(=O)c1ccc(OCC(NC(C)=O)C(=O)OC)cc1. The second-order valence-corrected chi connectivity index (χ2v) is 4.39. The van der Waals surface area contributed by atoms with Gasteiger partial charge in [0, 0.05) is 18.9 Å². The van der Waals surface area contributed by atoms with Gasteiger partial charge in [-0.1, -0.05) is 6.92 Å². The molecule has 0 heterocycles. The number of ether oxygens (including phenoxy) is 2. The van der Waals surface area contributed by atoms with E-state index in [9.17, 15) is 14.4 Å². The summed E-state index contributed by atoms with van der Waals surface area (Å²) in [6.07, 6.45) is 0.438. The smallest absolute Gasteiger partial charge is 0.331 e. The highest BCUT2D eigenvalue weighted by Gasteiger charge is 2.20. The first-order valence-corrected chi connectivity index (χ1v) is 6.59. The van der Waals surface area contributed by atoms with Crippen molar-refractivity contribution in [2.24, 2.45) is 0 Å². The number of hydrogen-bond acceptors (Lipinski definition) is 5. The third-order valence-corrected chi connectivity index (χ3v) is 2.78. The van der Waals surface area contributed by atoms with E-state index in [1.165, 1.54) is 14.0 Å². The fraction of sp³-hybridized carbons (Fsp3) is 0.400. The summed E-state index contributed by atoms with van der Waals surface area (Å²) >= 11 is 0. The van der Waals surface area contributed by atoms with Crippen molar-refractivity contribution >= 4 is 17.7 Å². The molecule has 0 radical (unpaired) electrons. The molecule has 0 saturated heterocycles. The summed E-state index contributed by atoms with van der Waals surface area (Å²) in [6, 6.07) is 5.74. The van der Waals surface area contributed by atoms with Crippen LogP contribution in [0.4, 0.5) is 0 Å². The zero-order valence-corrected chi connectivity index (χ0v) is 12.3. The molecule has 6 nitrogen and oxygen atoms in total. The van der Waals surface area contributed by atoms with Gasteiger partial charge in [-0.15, -0.1) is 0 Å². The highest BCUT2D eigenvalue weighted by atomic mass is 16.5. The van der Waals surface area contributed by atoms with Gasteiger partial charge < -0.3 is 14.8 Å². The van der Waals surface area contributed by atoms with Crippen LogP contribution in [-0.4, -0.2) is 37.4 Å². The van der Waals surface area contributed by atoms with Crippen LogP contribution in [0.15, 0.2) is 24.3 Å². The largest absolute Gasteiger partial charge is 0.491 e. The maximum Gasteiger partial charge on any atom is 0.331 e. The normalized spacial score (nSPS) is 11.4. The van der Waals surface area contributed by atoms with Crippen LogP contribution in [-0.2, 0) is 14.3 Å². The van der Waals surface area contributed by atoms with Gasteiger partial charge in [0.2, 0.25) is 5.91 Å². The number of ketones is 1. The molecule has 6 heteroatoms. The Morgan fingerprint density at radius 3 is 2.29 bits per heavy atom. The summed E-state index contributed by atoms with van der Waals surface area (Å²) in [7, 11) is 1.24. The van der Waals surface area contributed by atoms with E-state index in [0.717, 1.165) is 0 Å². The fourth-order valence-corrected chi connectivity index (χ4v) is 1.68. The number of carbonyl (C=O) groups excluding carboxylic acids is 3. The van der Waals surface area contributed by atoms with Crippen LogP contribution in [0, 0.1) is 0 Å². The van der Waals surface area contributed by atoms with Crippen LogP contribution in [0.2, 0.25) is 0 Å². The highest BCUT2D eigenvalue weighted by Crippen LogP contribution is 2.13. The number of amides is 1. The average Bonchev–Trinajstić information content (AvgIpc) is 2.50. The van der Waals surface area contributed by atoms with E-state index in [4.69, 9.17) is 4.74 Å². The van der Waals surface area contributed by atoms with E-state index in [-0.39, 0.29) is 18.3 Å². The van der Waals surface area contributed by atoms with Gasteiger partial charge in [-0.3, -0.25) is 9.59 Å². The summed E-state index contributed by atoms with van der Waals surface area (Å²) in [5, 5.41) is 2.45. The molecule has 1 aromatic carbocycles. The summed E-state index contributed by atoms with van der Waals surface area (Å²) in [6.45, 7) is 3.05. The molecule has 0 spiro atoms. The molecular weight excluding hydrogens is 274 g/mol. The quantitative estimate of drug-likeness (QED) is 0.606. The second kappa shape index (κ2) is 8.04. The molecule has 1 aromatic rings. The molecule has 0 aliphatic carbocycles. The molecule has 1 atom stereocenters. The first-order valence-electron chi connectivity index (χ1n) is 6.59. The Labute approximate surface area is 123 Å². The first-order chi connectivity index (χ1) is 9.97. The van der Waals surface area contributed by atoms with Gasteiger partial charge >= 0.3 is 5.97 Å². The zero-order valence-electron chi connectivity index (χ0n) is 12.3. The van der Waals surface area contributed by atoms with Gasteiger partial charge in [0.1, 0.15) is 12.4 Å². The van der Waals surface area contributed by atoms with Crippen LogP contribution in [0.1, 0.15) is 30.6 Å². The number of benzene rings is 1. The van der Waals surface area contributed by atoms with Crippen LogP contribution >= 0.6 is 0 Å². The predicted molar refractivity (Wildman–Crippen MR) is 76.2 cm³/mol. The third-order valence-electron chi connectivity index (χ3n) is 2.78. The Morgan fingerprint density at radius 2 is 1.81 bits per heavy atom. The minimum absolute atomic E-state index is 0.0483. The van der Waals surface area contributed by atoms with E-state index >= 15 is 0 Å². The van der Waals surface area contributed by atoms with E-state index in [2.05, 4.69) is 10.1 Å². The Hall–Kier alpha value is -2.37. The first kappa shape index (κ1) is 16.7. The van der Waals surface area contributed by atoms with Crippen molar-refractivity contribution in [2.45, 2.75) is 26.3 Å². The van der Waals surface area contributed by atoms with Crippen molar-refractivity contribution in [3.63, 3.8) is 0 Å². The molecule has 0 saturated carbocycles. The van der Waals surface area contributed by atoms with Crippen LogP contribution in [0.25, 0.3) is 0 Å². The van der Waals surface area contributed by atoms with Gasteiger partial charge in [0.25, 0.3) is 0 Å². The van der Waals surface area contributed by atoms with Crippen LogP contribution in [0.3, 0.4) is 0 Å². The number of carbonyl (C=O) groups is 3. The Kier molecular flexibility index (Phi) is 6.39. The van der Waals surface area contributed by atoms with E-state index in [1.54, 1.807) is 31.2 Å². The van der Waals surface area contributed by atoms with Gasteiger partial charge in [-0.05, 0) is 24.3 Å². The van der Waals surface area contributed by atoms with Crippen LogP contribution in [0.5, 0.6) is 5.75 Å². The maximum atomic E-state index is 11.5. The number of esters is 1. The zero-order chi connectivity index (χ0) is 15.8. The summed E-state index contributed by atoms with van der Waals surface area (Å²) in [5.41, 5.74) is 0.608. The lowest BCUT2D eigenvalue weighted by Crippen LogP contribution is -2.44. The highest BCUT2D eigenvalue weighted by molar-refractivity contribution is 5.95. The van der Waals surface area contributed by atoms with Crippen LogP contribution < -0.4 is 10.1 Å². The number of hydrogen-bond donors (Lipinski definition) is 1. The van der Waals surface area contributed by atoms with Gasteiger partial charge in [0.05, 0.1) is 7.11 Å². The van der Waals surface area contributed by atoms with Crippen molar-refractivity contribution in [3.05, 3.63) is 29.8 Å². The lowest BCUT2D eigenvalue weighted by molar-refractivity contribution is -0.145. The third kappa shape index (κ3) is 5.25. The average molecular weight is 293 g/mol. The molecular formula is C15H19NO5. The molecule has 21 heavy (non-hydrogen) atoms. The van der Waals surface area contributed by atoms with E-state index < -0.39 is 12.0 Å². The lowest BCUT2D eigenvalue weighted by Gasteiger charge is -2.16. The standard InChI is InChI=1S/C15H19NO5/c1-4-14(18)11-5-7-12(8-6-11)21-9-13(15(19)20-3)16-10(2)17/h5-8,13H,4,9H2,1-3H3,(H,16,17). The number of Topliss-reactive ketones (excluding diaryl/α,β-unsaturated/α-hetero) is 1. The number of nitrogens with one attached hydrogen (secondary N) is 1. The summed E-state index contributed by atoms with van der Waals surface area (Å²) in [4.78, 5) is 34.0. The van der Waals surface area contributed by atoms with Gasteiger partial charge in [-0.2, -0.15) is 0 Å². The molecule has 114 valence electrons. The Balaban J connectivity index is 2.65. The molecule has 1 N–H and O–H groups in total. The molecule has 0 aliphatic heterocycles. The van der Waals surface area contributed by atoms with E-state index in [0.29, 0.717) is 17.7 Å². The Bertz CT molecular complexity index is 509. The van der Waals surface area contributed by atoms with Crippen molar-refractivity contribution in [2.75, 3.05) is 13.7 Å². The van der Waals surface area contributed by atoms with E-state index in [1.807, 2.05) is 0 Å². The molecule has 1 unspecified atom stereocenters. The monoisotopic (exact) mass is 293 g/mol. The molecule has 0 fully saturated rings. The predicted octanol–water partition coefficient (Wildman–Crippen LogP) is 1.34. The molecule has 0 bridgehead atoms. The molecule has 0 aromatic heterocycles. The Morgan fingerprint density at radius 1 is 1.19 bits per heavy atom. The van der Waals surface area contributed by atoms with Crippen molar-refractivity contribution in [1.29, 1.82) is 0 Å². The number of methoxy groups -OCH3 is 1. The lowest BCUT2D eigenvalue weighted by atomic mass is 10.1. The summed E-state index contributed by atoms with van der Waals surface area (Å²) < 4.78 is 10.0. The summed E-state index contributed by atoms with van der Waals surface area (Å²) in [5.74, 6) is -0.380. The maximum absolute atomic E-state index is 11.5. The van der Waals surface area contributed by atoms with Crippen molar-refractivity contribution < 1.29 is 23.9 Å². The van der Waals surface area contributed by atoms with Gasteiger partial charge in [0.15, 0.2) is 11.8 Å².